The van der Waals surface area contributed by atoms with Crippen LogP contribution in [0.4, 0.5) is 15.8 Å². The molecule has 7 heteroatoms. The Kier molecular flexibility index (Phi) is 4.56. The van der Waals surface area contributed by atoms with Crippen molar-refractivity contribution in [2.45, 2.75) is 6.54 Å². The smallest absolute Gasteiger partial charge is 0.228 e. The van der Waals surface area contributed by atoms with Gasteiger partial charge in [-0.1, -0.05) is 0 Å². The van der Waals surface area contributed by atoms with E-state index < -0.39 is 0 Å². The SMILES string of the molecule is O=C(Nc1ccc(N2CCOCC2)c(F)c1)C1C2CN(Cc3ccoc3)CC21. The number of amides is 1. The summed E-state index contributed by atoms with van der Waals surface area (Å²) in [5.41, 5.74) is 2.26. The number of hydrogen-bond acceptors (Lipinski definition) is 5. The zero-order chi connectivity index (χ0) is 19.1. The quantitative estimate of drug-likeness (QED) is 0.857. The number of likely N-dealkylation sites (tertiary alicyclic amines) is 1. The van der Waals surface area contributed by atoms with Crippen molar-refractivity contribution < 1.29 is 18.3 Å². The number of morpholine rings is 1. The van der Waals surface area contributed by atoms with Crippen molar-refractivity contribution in [2.24, 2.45) is 17.8 Å². The highest BCUT2D eigenvalue weighted by Crippen LogP contribution is 2.52. The molecule has 1 saturated carbocycles. The van der Waals surface area contributed by atoms with Gasteiger partial charge in [-0.2, -0.15) is 0 Å². The number of furan rings is 1. The van der Waals surface area contributed by atoms with E-state index >= 15 is 0 Å². The Morgan fingerprint density at radius 1 is 1.18 bits per heavy atom. The highest BCUT2D eigenvalue weighted by molar-refractivity contribution is 5.95. The lowest BCUT2D eigenvalue weighted by Gasteiger charge is -2.29. The van der Waals surface area contributed by atoms with Crippen molar-refractivity contribution >= 4 is 17.3 Å². The fourth-order valence-corrected chi connectivity index (χ4v) is 4.64. The van der Waals surface area contributed by atoms with E-state index in [1.165, 1.54) is 6.07 Å². The van der Waals surface area contributed by atoms with Gasteiger partial charge in [0, 0.05) is 49.9 Å². The molecule has 2 saturated heterocycles. The fraction of sp³-hybridized carbons (Fsp3) is 0.476. The third-order valence-corrected chi connectivity index (χ3v) is 6.13. The van der Waals surface area contributed by atoms with Gasteiger partial charge < -0.3 is 19.4 Å². The molecule has 1 aromatic heterocycles. The Balaban J connectivity index is 1.16. The van der Waals surface area contributed by atoms with Crippen LogP contribution in [-0.4, -0.2) is 50.2 Å². The third-order valence-electron chi connectivity index (χ3n) is 6.13. The van der Waals surface area contributed by atoms with Gasteiger partial charge in [-0.25, -0.2) is 4.39 Å². The summed E-state index contributed by atoms with van der Waals surface area (Å²) in [7, 11) is 0. The van der Waals surface area contributed by atoms with Crippen LogP contribution in [0.3, 0.4) is 0 Å². The maximum atomic E-state index is 14.5. The fourth-order valence-electron chi connectivity index (χ4n) is 4.64. The van der Waals surface area contributed by atoms with Gasteiger partial charge in [0.1, 0.15) is 5.82 Å². The van der Waals surface area contributed by atoms with Crippen LogP contribution >= 0.6 is 0 Å². The zero-order valence-corrected chi connectivity index (χ0v) is 15.6. The molecule has 6 nitrogen and oxygen atoms in total. The van der Waals surface area contributed by atoms with Gasteiger partial charge >= 0.3 is 0 Å². The van der Waals surface area contributed by atoms with E-state index in [4.69, 9.17) is 9.15 Å². The molecule has 5 rings (SSSR count). The van der Waals surface area contributed by atoms with E-state index in [0.717, 1.165) is 25.2 Å². The van der Waals surface area contributed by atoms with Crippen LogP contribution in [-0.2, 0) is 16.1 Å². The molecule has 2 atom stereocenters. The molecule has 0 bridgehead atoms. The lowest BCUT2D eigenvalue weighted by molar-refractivity contribution is -0.118. The first-order valence-corrected chi connectivity index (χ1v) is 9.85. The van der Waals surface area contributed by atoms with Crippen molar-refractivity contribution in [3.63, 3.8) is 0 Å². The van der Waals surface area contributed by atoms with Gasteiger partial charge in [0.05, 0.1) is 31.4 Å². The molecule has 1 aliphatic carbocycles. The number of piperidine rings is 1. The van der Waals surface area contributed by atoms with Crippen LogP contribution in [0.5, 0.6) is 0 Å². The molecule has 1 amide bonds. The van der Waals surface area contributed by atoms with Gasteiger partial charge in [0.2, 0.25) is 5.91 Å². The van der Waals surface area contributed by atoms with Gasteiger partial charge in [-0.15, -0.1) is 0 Å². The first kappa shape index (κ1) is 17.7. The van der Waals surface area contributed by atoms with Crippen molar-refractivity contribution in [1.82, 2.24) is 4.90 Å². The number of anilines is 2. The largest absolute Gasteiger partial charge is 0.472 e. The lowest BCUT2D eigenvalue weighted by atomic mass is 10.2. The van der Waals surface area contributed by atoms with Crippen LogP contribution in [0.2, 0.25) is 0 Å². The number of hydrogen-bond donors (Lipinski definition) is 1. The molecule has 3 aliphatic rings. The minimum absolute atomic E-state index is 0.0106. The summed E-state index contributed by atoms with van der Waals surface area (Å²) in [6.07, 6.45) is 3.45. The van der Waals surface area contributed by atoms with E-state index in [1.54, 1.807) is 24.7 Å². The van der Waals surface area contributed by atoms with Gasteiger partial charge in [-0.3, -0.25) is 9.69 Å². The molecule has 148 valence electrons. The highest BCUT2D eigenvalue weighted by atomic mass is 19.1. The van der Waals surface area contributed by atoms with Crippen molar-refractivity contribution in [3.05, 3.63) is 48.2 Å². The lowest BCUT2D eigenvalue weighted by Crippen LogP contribution is -2.36. The first-order valence-electron chi connectivity index (χ1n) is 9.85. The summed E-state index contributed by atoms with van der Waals surface area (Å²) in [6, 6.07) is 6.93. The molecule has 28 heavy (non-hydrogen) atoms. The summed E-state index contributed by atoms with van der Waals surface area (Å²) in [5, 5.41) is 2.91. The molecular weight excluding hydrogens is 361 g/mol. The number of carbonyl (C=O) groups excluding carboxylic acids is 1. The van der Waals surface area contributed by atoms with Gasteiger partial charge in [0.15, 0.2) is 0 Å². The molecule has 0 radical (unpaired) electrons. The molecule has 2 aromatic rings. The van der Waals surface area contributed by atoms with E-state index in [-0.39, 0.29) is 17.6 Å². The molecule has 0 spiro atoms. The second-order valence-corrected chi connectivity index (χ2v) is 7.93. The van der Waals surface area contributed by atoms with Gasteiger partial charge in [0.25, 0.3) is 0 Å². The second-order valence-electron chi connectivity index (χ2n) is 7.93. The molecule has 2 aliphatic heterocycles. The Bertz CT molecular complexity index is 839. The summed E-state index contributed by atoms with van der Waals surface area (Å²) >= 11 is 0. The molecule has 1 N–H and O–H groups in total. The van der Waals surface area contributed by atoms with E-state index in [0.29, 0.717) is 49.5 Å². The minimum atomic E-state index is -0.304. The summed E-state index contributed by atoms with van der Waals surface area (Å²) < 4.78 is 24.9. The van der Waals surface area contributed by atoms with E-state index in [1.807, 2.05) is 11.0 Å². The highest BCUT2D eigenvalue weighted by Gasteiger charge is 2.59. The molecule has 3 heterocycles. The molecule has 2 unspecified atom stereocenters. The monoisotopic (exact) mass is 385 g/mol. The van der Waals surface area contributed by atoms with E-state index in [2.05, 4.69) is 10.2 Å². The van der Waals surface area contributed by atoms with Crippen molar-refractivity contribution in [1.29, 1.82) is 0 Å². The number of carbonyl (C=O) groups is 1. The normalized spacial score (nSPS) is 26.9. The summed E-state index contributed by atoms with van der Waals surface area (Å²) in [5.74, 6) is 0.565. The average molecular weight is 385 g/mol. The molecule has 1 aromatic carbocycles. The molecular formula is C21H24FN3O3. The average Bonchev–Trinajstić information content (AvgIpc) is 3.03. The van der Waals surface area contributed by atoms with Crippen molar-refractivity contribution in [3.8, 4) is 0 Å². The number of nitrogens with one attached hydrogen (secondary N) is 1. The van der Waals surface area contributed by atoms with Crippen molar-refractivity contribution in [2.75, 3.05) is 49.6 Å². The van der Waals surface area contributed by atoms with Crippen LogP contribution in [0.25, 0.3) is 0 Å². The summed E-state index contributed by atoms with van der Waals surface area (Å²) in [6.45, 7) is 5.31. The summed E-state index contributed by atoms with van der Waals surface area (Å²) in [4.78, 5) is 17.0. The van der Waals surface area contributed by atoms with Crippen LogP contribution in [0, 0.1) is 23.6 Å². The van der Waals surface area contributed by atoms with Gasteiger partial charge in [-0.05, 0) is 36.1 Å². The van der Waals surface area contributed by atoms with E-state index in [9.17, 15) is 9.18 Å². The number of ether oxygens (including phenoxy) is 1. The number of halogens is 1. The topological polar surface area (TPSA) is 58.0 Å². The predicted octanol–water partition coefficient (Wildman–Crippen LogP) is 2.57. The number of benzene rings is 1. The Hall–Kier alpha value is -2.38. The second kappa shape index (κ2) is 7.22. The standard InChI is InChI=1S/C21H24FN3O3/c22-18-9-15(1-2-19(18)25-4-7-27-8-5-25)23-21(26)20-16-11-24(12-17(16)20)10-14-3-6-28-13-14/h1-3,6,9,13,16-17,20H,4-5,7-8,10-12H2,(H,23,26). The number of nitrogens with zero attached hydrogens (tertiary/aromatic N) is 2. The first-order chi connectivity index (χ1) is 13.7. The Morgan fingerprint density at radius 2 is 1.96 bits per heavy atom. The van der Waals surface area contributed by atoms with Crippen LogP contribution in [0.1, 0.15) is 5.56 Å². The van der Waals surface area contributed by atoms with Crippen LogP contribution < -0.4 is 10.2 Å². The molecule has 3 fully saturated rings. The number of fused-ring (bicyclic) bond motifs is 1. The Labute approximate surface area is 163 Å². The zero-order valence-electron chi connectivity index (χ0n) is 15.6. The third kappa shape index (κ3) is 3.40. The van der Waals surface area contributed by atoms with Crippen LogP contribution in [0.15, 0.2) is 41.2 Å². The minimum Gasteiger partial charge on any atom is -0.472 e. The Morgan fingerprint density at radius 3 is 2.64 bits per heavy atom. The maximum Gasteiger partial charge on any atom is 0.228 e. The maximum absolute atomic E-state index is 14.5. The number of rotatable bonds is 5. The predicted molar refractivity (Wildman–Crippen MR) is 103 cm³/mol.